The number of hydrogen-bond donors (Lipinski definition) is 1. The topological polar surface area (TPSA) is 32.3 Å². The summed E-state index contributed by atoms with van der Waals surface area (Å²) < 4.78 is 37.4. The number of urea groups is 1. The molecule has 2 aromatic rings. The third-order valence-corrected chi connectivity index (χ3v) is 5.08. The molecule has 0 spiro atoms. The molecule has 0 aliphatic carbocycles. The Balaban J connectivity index is 1.68. The summed E-state index contributed by atoms with van der Waals surface area (Å²) in [6, 6.07) is 14.2. The predicted molar refractivity (Wildman–Crippen MR) is 92.8 cm³/mol. The van der Waals surface area contributed by atoms with E-state index in [9.17, 15) is 18.0 Å². The minimum Gasteiger partial charge on any atom is -0.320 e. The van der Waals surface area contributed by atoms with Crippen molar-refractivity contribution < 1.29 is 18.0 Å². The van der Waals surface area contributed by atoms with Crippen molar-refractivity contribution in [2.24, 2.45) is 0 Å². The molecule has 3 nitrogen and oxygen atoms in total. The second-order valence-electron chi connectivity index (χ2n) is 5.77. The number of nitrogens with zero attached hydrogens (tertiary/aromatic N) is 1. The summed E-state index contributed by atoms with van der Waals surface area (Å²) in [5.74, 6) is -0.989. The van der Waals surface area contributed by atoms with Crippen LogP contribution < -0.4 is 5.32 Å². The number of rotatable bonds is 3. The van der Waals surface area contributed by atoms with Gasteiger partial charge in [-0.2, -0.15) is 13.2 Å². The SMILES string of the molecule is O=C(Nc1ccccc1SCC(F)(F)F)N1CCc2ccccc2C1. The first kappa shape index (κ1) is 17.7. The first-order valence-corrected chi connectivity index (χ1v) is 8.82. The monoisotopic (exact) mass is 366 g/mol. The van der Waals surface area contributed by atoms with E-state index in [0.29, 0.717) is 35.4 Å². The van der Waals surface area contributed by atoms with Gasteiger partial charge in [0.25, 0.3) is 0 Å². The highest BCUT2D eigenvalue weighted by Gasteiger charge is 2.28. The van der Waals surface area contributed by atoms with Gasteiger partial charge in [0.1, 0.15) is 0 Å². The lowest BCUT2D eigenvalue weighted by atomic mass is 10.0. The molecule has 0 fully saturated rings. The van der Waals surface area contributed by atoms with E-state index in [4.69, 9.17) is 0 Å². The van der Waals surface area contributed by atoms with Gasteiger partial charge < -0.3 is 10.2 Å². The Bertz CT molecular complexity index is 764. The van der Waals surface area contributed by atoms with Crippen molar-refractivity contribution in [3.05, 3.63) is 59.7 Å². The first-order valence-electron chi connectivity index (χ1n) is 7.84. The Morgan fingerprint density at radius 3 is 2.52 bits per heavy atom. The van der Waals surface area contributed by atoms with Crippen LogP contribution in [-0.2, 0) is 13.0 Å². The third kappa shape index (κ3) is 4.69. The van der Waals surface area contributed by atoms with Crippen molar-refractivity contribution >= 4 is 23.5 Å². The van der Waals surface area contributed by atoms with Crippen LogP contribution >= 0.6 is 11.8 Å². The van der Waals surface area contributed by atoms with Gasteiger partial charge in [0.05, 0.1) is 11.4 Å². The van der Waals surface area contributed by atoms with E-state index < -0.39 is 11.9 Å². The molecule has 0 saturated carbocycles. The van der Waals surface area contributed by atoms with E-state index in [-0.39, 0.29) is 6.03 Å². The van der Waals surface area contributed by atoms with Crippen molar-refractivity contribution in [3.63, 3.8) is 0 Å². The van der Waals surface area contributed by atoms with Gasteiger partial charge in [-0.05, 0) is 29.7 Å². The van der Waals surface area contributed by atoms with Crippen LogP contribution in [0.4, 0.5) is 23.7 Å². The minimum absolute atomic E-state index is 0.297. The Hall–Kier alpha value is -2.15. The summed E-state index contributed by atoms with van der Waals surface area (Å²) in [6.07, 6.45) is -3.48. The lowest BCUT2D eigenvalue weighted by Gasteiger charge is -2.29. The van der Waals surface area contributed by atoms with Gasteiger partial charge >= 0.3 is 12.2 Å². The van der Waals surface area contributed by atoms with Crippen molar-refractivity contribution in [2.45, 2.75) is 24.0 Å². The van der Waals surface area contributed by atoms with E-state index in [1.807, 2.05) is 24.3 Å². The summed E-state index contributed by atoms with van der Waals surface area (Å²) in [4.78, 5) is 14.6. The maximum atomic E-state index is 12.5. The van der Waals surface area contributed by atoms with Gasteiger partial charge in [-0.25, -0.2) is 4.79 Å². The lowest BCUT2D eigenvalue weighted by molar-refractivity contribution is -0.105. The molecule has 132 valence electrons. The summed E-state index contributed by atoms with van der Waals surface area (Å²) in [5.41, 5.74) is 2.73. The summed E-state index contributed by atoms with van der Waals surface area (Å²) in [5, 5.41) is 2.75. The number of anilines is 1. The fourth-order valence-electron chi connectivity index (χ4n) is 2.72. The van der Waals surface area contributed by atoms with Crippen molar-refractivity contribution in [1.82, 2.24) is 4.90 Å². The molecule has 0 unspecified atom stereocenters. The highest BCUT2D eigenvalue weighted by molar-refractivity contribution is 7.99. The van der Waals surface area contributed by atoms with Crippen LogP contribution in [0.25, 0.3) is 0 Å². The van der Waals surface area contributed by atoms with Gasteiger partial charge in [0.2, 0.25) is 0 Å². The quantitative estimate of drug-likeness (QED) is 0.781. The average Bonchev–Trinajstić information content (AvgIpc) is 2.60. The Labute approximate surface area is 148 Å². The Kier molecular flexibility index (Phi) is 5.22. The number of nitrogens with one attached hydrogen (secondary N) is 1. The third-order valence-electron chi connectivity index (χ3n) is 3.94. The van der Waals surface area contributed by atoms with Crippen LogP contribution in [0, 0.1) is 0 Å². The fourth-order valence-corrected chi connectivity index (χ4v) is 3.49. The number of fused-ring (bicyclic) bond motifs is 1. The molecule has 0 radical (unpaired) electrons. The average molecular weight is 366 g/mol. The van der Waals surface area contributed by atoms with Gasteiger partial charge in [-0.15, -0.1) is 11.8 Å². The largest absolute Gasteiger partial charge is 0.398 e. The molecule has 1 aliphatic heterocycles. The van der Waals surface area contributed by atoms with Crippen LogP contribution in [0.5, 0.6) is 0 Å². The molecule has 0 aromatic heterocycles. The molecule has 1 N–H and O–H groups in total. The lowest BCUT2D eigenvalue weighted by Crippen LogP contribution is -2.38. The number of carbonyl (C=O) groups is 1. The zero-order valence-corrected chi connectivity index (χ0v) is 14.2. The number of para-hydroxylation sites is 1. The molecule has 25 heavy (non-hydrogen) atoms. The molecule has 2 aromatic carbocycles. The Morgan fingerprint density at radius 2 is 1.76 bits per heavy atom. The molecule has 0 atom stereocenters. The number of hydrogen-bond acceptors (Lipinski definition) is 2. The number of amides is 2. The van der Waals surface area contributed by atoms with Crippen LogP contribution in [0.3, 0.4) is 0 Å². The van der Waals surface area contributed by atoms with Crippen LogP contribution in [-0.4, -0.2) is 29.4 Å². The maximum absolute atomic E-state index is 12.5. The van der Waals surface area contributed by atoms with E-state index >= 15 is 0 Å². The van der Waals surface area contributed by atoms with Crippen molar-refractivity contribution in [3.8, 4) is 0 Å². The normalized spacial score (nSPS) is 14.1. The minimum atomic E-state index is -4.25. The van der Waals surface area contributed by atoms with Crippen molar-refractivity contribution in [1.29, 1.82) is 0 Å². The zero-order valence-electron chi connectivity index (χ0n) is 13.3. The smallest absolute Gasteiger partial charge is 0.320 e. The molecule has 0 bridgehead atoms. The summed E-state index contributed by atoms with van der Waals surface area (Å²) in [6.45, 7) is 1.08. The number of carbonyl (C=O) groups excluding carboxylic acids is 1. The summed E-state index contributed by atoms with van der Waals surface area (Å²) in [7, 11) is 0. The van der Waals surface area contributed by atoms with Gasteiger partial charge in [0.15, 0.2) is 0 Å². The summed E-state index contributed by atoms with van der Waals surface area (Å²) >= 11 is 0.673. The second kappa shape index (κ2) is 7.39. The number of alkyl halides is 3. The molecule has 1 aliphatic rings. The molecule has 1 heterocycles. The Morgan fingerprint density at radius 1 is 1.08 bits per heavy atom. The van der Waals surface area contributed by atoms with Crippen LogP contribution in [0.15, 0.2) is 53.4 Å². The highest BCUT2D eigenvalue weighted by Crippen LogP contribution is 2.32. The molecule has 7 heteroatoms. The second-order valence-corrected chi connectivity index (χ2v) is 6.79. The molecular formula is C18H17F3N2OS. The molecule has 0 saturated heterocycles. The maximum Gasteiger partial charge on any atom is 0.398 e. The number of benzene rings is 2. The standard InChI is InChI=1S/C18H17F3N2OS/c19-18(20,21)12-25-16-8-4-3-7-15(16)22-17(24)23-10-9-13-5-1-2-6-14(13)11-23/h1-8H,9-12H2,(H,22,24). The van der Waals surface area contributed by atoms with E-state index in [1.54, 1.807) is 29.2 Å². The molecular weight excluding hydrogens is 349 g/mol. The molecule has 3 rings (SSSR count). The van der Waals surface area contributed by atoms with E-state index in [0.717, 1.165) is 12.0 Å². The zero-order chi connectivity index (χ0) is 17.9. The fraction of sp³-hybridized carbons (Fsp3) is 0.278. The number of thioether (sulfide) groups is 1. The van der Waals surface area contributed by atoms with Gasteiger partial charge in [-0.1, -0.05) is 36.4 Å². The highest BCUT2D eigenvalue weighted by atomic mass is 32.2. The van der Waals surface area contributed by atoms with E-state index in [1.165, 1.54) is 5.56 Å². The molecule has 2 amide bonds. The van der Waals surface area contributed by atoms with Crippen LogP contribution in [0.2, 0.25) is 0 Å². The van der Waals surface area contributed by atoms with Crippen molar-refractivity contribution in [2.75, 3.05) is 17.6 Å². The first-order chi connectivity index (χ1) is 11.9. The number of halogens is 3. The predicted octanol–water partition coefficient (Wildman–Crippen LogP) is 4.93. The van der Waals surface area contributed by atoms with Crippen LogP contribution in [0.1, 0.15) is 11.1 Å². The van der Waals surface area contributed by atoms with Gasteiger partial charge in [0, 0.05) is 18.0 Å². The van der Waals surface area contributed by atoms with E-state index in [2.05, 4.69) is 5.32 Å². The van der Waals surface area contributed by atoms with Gasteiger partial charge in [-0.3, -0.25) is 0 Å².